The average Bonchev–Trinajstić information content (AvgIpc) is 2.24. The van der Waals surface area contributed by atoms with Crippen LogP contribution in [-0.2, 0) is 11.3 Å². The van der Waals surface area contributed by atoms with Gasteiger partial charge in [0.15, 0.2) is 0 Å². The summed E-state index contributed by atoms with van der Waals surface area (Å²) in [6, 6.07) is 7.28. The molecule has 1 rings (SSSR count). The van der Waals surface area contributed by atoms with Crippen LogP contribution in [0.25, 0.3) is 0 Å². The topological polar surface area (TPSA) is 72.5 Å². The summed E-state index contributed by atoms with van der Waals surface area (Å²) in [6.07, 6.45) is -1.18. The Hall–Kier alpha value is -1.55. The second-order valence-electron chi connectivity index (χ2n) is 5.08. The molecule has 1 unspecified atom stereocenters. The molecule has 4 heteroatoms. The summed E-state index contributed by atoms with van der Waals surface area (Å²) in [5.41, 5.74) is 6.53. The van der Waals surface area contributed by atoms with E-state index in [0.29, 0.717) is 0 Å². The molecule has 0 saturated carbocycles. The summed E-state index contributed by atoms with van der Waals surface area (Å²) in [5.74, 6) is 0. The quantitative estimate of drug-likeness (QED) is 0.847. The Bertz CT molecular complexity index is 379. The lowest BCUT2D eigenvalue weighted by molar-refractivity contribution is 0.0359. The Balaban J connectivity index is 3.00. The van der Waals surface area contributed by atoms with Gasteiger partial charge in [0.1, 0.15) is 6.10 Å². The number of rotatable bonds is 3. The van der Waals surface area contributed by atoms with Gasteiger partial charge in [0.05, 0.1) is 6.61 Å². The number of carbonyl (C=O) groups is 1. The van der Waals surface area contributed by atoms with E-state index in [9.17, 15) is 4.79 Å². The Morgan fingerprint density at radius 2 is 1.88 bits per heavy atom. The highest BCUT2D eigenvalue weighted by Gasteiger charge is 2.29. The van der Waals surface area contributed by atoms with Crippen LogP contribution in [0.5, 0.6) is 0 Å². The lowest BCUT2D eigenvalue weighted by atomic mass is 9.84. The van der Waals surface area contributed by atoms with E-state index in [0.717, 1.165) is 11.1 Å². The highest BCUT2D eigenvalue weighted by atomic mass is 16.6. The van der Waals surface area contributed by atoms with Crippen LogP contribution in [0.15, 0.2) is 24.3 Å². The van der Waals surface area contributed by atoms with Crippen LogP contribution in [0, 0.1) is 5.41 Å². The van der Waals surface area contributed by atoms with Gasteiger partial charge in [-0.05, 0) is 11.1 Å². The molecule has 0 heterocycles. The maximum Gasteiger partial charge on any atom is 0.405 e. The predicted octanol–water partition coefficient (Wildman–Crippen LogP) is 2.36. The van der Waals surface area contributed by atoms with Gasteiger partial charge in [0.25, 0.3) is 0 Å². The fourth-order valence-corrected chi connectivity index (χ4v) is 1.66. The van der Waals surface area contributed by atoms with Crippen molar-refractivity contribution in [2.75, 3.05) is 0 Å². The Labute approximate surface area is 101 Å². The van der Waals surface area contributed by atoms with E-state index >= 15 is 0 Å². The molecule has 0 fully saturated rings. The van der Waals surface area contributed by atoms with Crippen molar-refractivity contribution in [3.8, 4) is 0 Å². The maximum atomic E-state index is 10.9. The number of nitrogens with two attached hydrogens (primary N) is 1. The lowest BCUT2D eigenvalue weighted by Crippen LogP contribution is -2.26. The summed E-state index contributed by atoms with van der Waals surface area (Å²) < 4.78 is 5.15. The van der Waals surface area contributed by atoms with Gasteiger partial charge in [-0.1, -0.05) is 45.0 Å². The second kappa shape index (κ2) is 5.19. The maximum absolute atomic E-state index is 10.9. The lowest BCUT2D eigenvalue weighted by Gasteiger charge is -2.30. The smallest absolute Gasteiger partial charge is 0.405 e. The Morgan fingerprint density at radius 1 is 1.35 bits per heavy atom. The molecule has 0 spiro atoms. The minimum atomic E-state index is -0.781. The van der Waals surface area contributed by atoms with Crippen molar-refractivity contribution in [3.05, 3.63) is 35.4 Å². The molecule has 3 N–H and O–H groups in total. The summed E-state index contributed by atoms with van der Waals surface area (Å²) >= 11 is 0. The van der Waals surface area contributed by atoms with Crippen LogP contribution in [0.3, 0.4) is 0 Å². The molecule has 17 heavy (non-hydrogen) atoms. The molecule has 0 aliphatic carbocycles. The summed E-state index contributed by atoms with van der Waals surface area (Å²) in [4.78, 5) is 10.9. The van der Waals surface area contributed by atoms with Gasteiger partial charge in [0, 0.05) is 5.41 Å². The van der Waals surface area contributed by atoms with E-state index in [4.69, 9.17) is 15.6 Å². The van der Waals surface area contributed by atoms with Gasteiger partial charge in [-0.25, -0.2) is 4.79 Å². The fraction of sp³-hybridized carbons (Fsp3) is 0.462. The second-order valence-corrected chi connectivity index (χ2v) is 5.08. The first-order valence-corrected chi connectivity index (χ1v) is 5.50. The predicted molar refractivity (Wildman–Crippen MR) is 65.2 cm³/mol. The largest absolute Gasteiger partial charge is 0.441 e. The zero-order valence-electron chi connectivity index (χ0n) is 10.4. The fourth-order valence-electron chi connectivity index (χ4n) is 1.66. The van der Waals surface area contributed by atoms with Crippen LogP contribution in [0.4, 0.5) is 4.79 Å². The summed E-state index contributed by atoms with van der Waals surface area (Å²) in [5, 5.41) is 8.97. The number of benzene rings is 1. The Kier molecular flexibility index (Phi) is 4.12. The molecule has 1 atom stereocenters. The zero-order valence-corrected chi connectivity index (χ0v) is 10.4. The summed E-state index contributed by atoms with van der Waals surface area (Å²) in [6.45, 7) is 5.92. The van der Waals surface area contributed by atoms with Crippen LogP contribution >= 0.6 is 0 Å². The van der Waals surface area contributed by atoms with E-state index in [1.165, 1.54) is 0 Å². The summed E-state index contributed by atoms with van der Waals surface area (Å²) in [7, 11) is 0. The van der Waals surface area contributed by atoms with E-state index in [2.05, 4.69) is 0 Å². The molecule has 1 amide bonds. The monoisotopic (exact) mass is 237 g/mol. The van der Waals surface area contributed by atoms with Gasteiger partial charge in [-0.2, -0.15) is 0 Å². The molecular formula is C13H19NO3. The van der Waals surface area contributed by atoms with E-state index in [-0.39, 0.29) is 12.0 Å². The number of hydrogen-bond acceptors (Lipinski definition) is 3. The number of hydrogen-bond donors (Lipinski definition) is 2. The highest BCUT2D eigenvalue weighted by Crippen LogP contribution is 2.36. The minimum Gasteiger partial charge on any atom is -0.441 e. The standard InChI is InChI=1S/C13H19NO3/c1-13(2,3)11(17-12(14)16)10-6-4-9(8-15)5-7-10/h4-7,11,15H,8H2,1-3H3,(H2,14,16). The molecule has 94 valence electrons. The minimum absolute atomic E-state index is 0.00284. The van der Waals surface area contributed by atoms with Gasteiger partial charge >= 0.3 is 6.09 Å². The normalized spacial score (nSPS) is 13.2. The van der Waals surface area contributed by atoms with Crippen LogP contribution < -0.4 is 5.73 Å². The van der Waals surface area contributed by atoms with E-state index in [1.807, 2.05) is 32.9 Å². The number of aliphatic hydroxyl groups is 1. The Morgan fingerprint density at radius 3 is 2.24 bits per heavy atom. The number of primary amides is 1. The van der Waals surface area contributed by atoms with Crippen molar-refractivity contribution < 1.29 is 14.6 Å². The van der Waals surface area contributed by atoms with Crippen molar-refractivity contribution in [2.45, 2.75) is 33.5 Å². The van der Waals surface area contributed by atoms with Crippen molar-refractivity contribution >= 4 is 6.09 Å². The first kappa shape index (κ1) is 13.5. The van der Waals surface area contributed by atoms with Crippen molar-refractivity contribution in [1.82, 2.24) is 0 Å². The third-order valence-corrected chi connectivity index (χ3v) is 2.49. The third-order valence-electron chi connectivity index (χ3n) is 2.49. The highest BCUT2D eigenvalue weighted by molar-refractivity contribution is 5.65. The van der Waals surface area contributed by atoms with Gasteiger partial charge < -0.3 is 15.6 Å². The van der Waals surface area contributed by atoms with Crippen molar-refractivity contribution in [2.24, 2.45) is 11.1 Å². The van der Waals surface area contributed by atoms with Gasteiger partial charge in [0.2, 0.25) is 0 Å². The number of ether oxygens (including phenoxy) is 1. The van der Waals surface area contributed by atoms with Gasteiger partial charge in [-0.15, -0.1) is 0 Å². The molecule has 1 aromatic carbocycles. The molecule has 0 aromatic heterocycles. The molecule has 0 bridgehead atoms. The third kappa shape index (κ3) is 3.75. The van der Waals surface area contributed by atoms with Gasteiger partial charge in [-0.3, -0.25) is 0 Å². The first-order valence-electron chi connectivity index (χ1n) is 5.50. The molecule has 0 saturated heterocycles. The average molecular weight is 237 g/mol. The van der Waals surface area contributed by atoms with Crippen molar-refractivity contribution in [3.63, 3.8) is 0 Å². The van der Waals surface area contributed by atoms with Crippen LogP contribution in [-0.4, -0.2) is 11.2 Å². The number of carbonyl (C=O) groups excluding carboxylic acids is 1. The van der Waals surface area contributed by atoms with E-state index < -0.39 is 12.2 Å². The molecule has 0 aliphatic rings. The molecule has 0 radical (unpaired) electrons. The molecule has 0 aliphatic heterocycles. The molecular weight excluding hydrogens is 218 g/mol. The van der Waals surface area contributed by atoms with Crippen LogP contribution in [0.2, 0.25) is 0 Å². The van der Waals surface area contributed by atoms with E-state index in [1.54, 1.807) is 12.1 Å². The molecule has 1 aromatic rings. The number of amides is 1. The molecule has 4 nitrogen and oxygen atoms in total. The van der Waals surface area contributed by atoms with Crippen molar-refractivity contribution in [1.29, 1.82) is 0 Å². The SMILES string of the molecule is CC(C)(C)C(OC(N)=O)c1ccc(CO)cc1. The number of aliphatic hydroxyl groups excluding tert-OH is 1. The van der Waals surface area contributed by atoms with Crippen LogP contribution in [0.1, 0.15) is 38.0 Å². The first-order chi connectivity index (χ1) is 7.84. The zero-order chi connectivity index (χ0) is 13.1.